The molecule has 106 valence electrons. The predicted molar refractivity (Wildman–Crippen MR) is 76.0 cm³/mol. The molecule has 5 nitrogen and oxygen atoms in total. The molecule has 0 spiro atoms. The minimum atomic E-state index is -0.883. The van der Waals surface area contributed by atoms with E-state index in [-0.39, 0.29) is 6.54 Å². The van der Waals surface area contributed by atoms with Crippen LogP contribution < -0.4 is 4.74 Å². The molecule has 5 heteroatoms. The van der Waals surface area contributed by atoms with Crippen molar-refractivity contribution in [3.05, 3.63) is 35.8 Å². The van der Waals surface area contributed by atoms with Crippen LogP contribution in [0.25, 0.3) is 11.3 Å². The normalized spacial score (nSPS) is 10.6. The van der Waals surface area contributed by atoms with Gasteiger partial charge in [-0.1, -0.05) is 13.0 Å². The molecule has 20 heavy (non-hydrogen) atoms. The fourth-order valence-electron chi connectivity index (χ4n) is 2.12. The van der Waals surface area contributed by atoms with Crippen LogP contribution in [0.1, 0.15) is 18.3 Å². The van der Waals surface area contributed by atoms with Gasteiger partial charge >= 0.3 is 5.97 Å². The fourth-order valence-corrected chi connectivity index (χ4v) is 2.12. The van der Waals surface area contributed by atoms with Crippen LogP contribution in [0.2, 0.25) is 0 Å². The average Bonchev–Trinajstić information content (AvgIpc) is 2.78. The molecule has 0 aliphatic rings. The van der Waals surface area contributed by atoms with E-state index in [9.17, 15) is 4.79 Å². The van der Waals surface area contributed by atoms with Gasteiger partial charge in [0.05, 0.1) is 12.8 Å². The van der Waals surface area contributed by atoms with E-state index in [1.54, 1.807) is 24.8 Å². The van der Waals surface area contributed by atoms with E-state index in [0.29, 0.717) is 5.82 Å². The quantitative estimate of drug-likeness (QED) is 0.910. The summed E-state index contributed by atoms with van der Waals surface area (Å²) in [5.41, 5.74) is 2.81. The Morgan fingerprint density at radius 3 is 2.80 bits per heavy atom. The zero-order valence-corrected chi connectivity index (χ0v) is 11.9. The molecule has 2 rings (SSSR count). The molecule has 0 radical (unpaired) electrons. The molecule has 2 aromatic rings. The SMILES string of the molecule is CCc1ccc(OC)c(-c2cn(CC(=O)O)c(C)n2)c1. The van der Waals surface area contributed by atoms with Gasteiger partial charge in [-0.3, -0.25) is 4.79 Å². The highest BCUT2D eigenvalue weighted by atomic mass is 16.5. The number of methoxy groups -OCH3 is 1. The molecular weight excluding hydrogens is 256 g/mol. The highest BCUT2D eigenvalue weighted by Crippen LogP contribution is 2.30. The molecular formula is C15H18N2O3. The van der Waals surface area contributed by atoms with Crippen molar-refractivity contribution < 1.29 is 14.6 Å². The van der Waals surface area contributed by atoms with Gasteiger partial charge in [-0.2, -0.15) is 0 Å². The minimum absolute atomic E-state index is 0.0887. The van der Waals surface area contributed by atoms with Crippen molar-refractivity contribution in [1.29, 1.82) is 0 Å². The largest absolute Gasteiger partial charge is 0.496 e. The Morgan fingerprint density at radius 2 is 2.20 bits per heavy atom. The molecule has 0 bridgehead atoms. The number of aromatic nitrogens is 2. The second kappa shape index (κ2) is 5.77. The van der Waals surface area contributed by atoms with Crippen LogP contribution in [0.15, 0.2) is 24.4 Å². The lowest BCUT2D eigenvalue weighted by Crippen LogP contribution is -2.08. The van der Waals surface area contributed by atoms with Gasteiger partial charge in [-0.25, -0.2) is 4.98 Å². The molecule has 0 saturated carbocycles. The fraction of sp³-hybridized carbons (Fsp3) is 0.333. The summed E-state index contributed by atoms with van der Waals surface area (Å²) < 4.78 is 6.98. The topological polar surface area (TPSA) is 64.3 Å². The highest BCUT2D eigenvalue weighted by Gasteiger charge is 2.13. The first kappa shape index (κ1) is 14.1. The van der Waals surface area contributed by atoms with Gasteiger partial charge in [0.25, 0.3) is 0 Å². The number of ether oxygens (including phenoxy) is 1. The molecule has 0 atom stereocenters. The van der Waals surface area contributed by atoms with Gasteiger partial charge in [-0.15, -0.1) is 0 Å². The summed E-state index contributed by atoms with van der Waals surface area (Å²) in [6.45, 7) is 3.79. The monoisotopic (exact) mass is 274 g/mol. The maximum absolute atomic E-state index is 10.8. The van der Waals surface area contributed by atoms with Crippen LogP contribution in [0.5, 0.6) is 5.75 Å². The number of carboxylic acid groups (broad SMARTS) is 1. The van der Waals surface area contributed by atoms with Crippen LogP contribution in [0.4, 0.5) is 0 Å². The van der Waals surface area contributed by atoms with Crippen LogP contribution in [0, 0.1) is 6.92 Å². The van der Waals surface area contributed by atoms with Crippen molar-refractivity contribution in [2.75, 3.05) is 7.11 Å². The molecule has 0 amide bonds. The summed E-state index contributed by atoms with van der Waals surface area (Å²) in [5.74, 6) is 0.528. The zero-order valence-electron chi connectivity index (χ0n) is 11.9. The molecule has 0 aliphatic carbocycles. The number of hydrogen-bond acceptors (Lipinski definition) is 3. The van der Waals surface area contributed by atoms with Crippen molar-refractivity contribution in [3.63, 3.8) is 0 Å². The van der Waals surface area contributed by atoms with Crippen molar-refractivity contribution in [2.45, 2.75) is 26.8 Å². The summed E-state index contributed by atoms with van der Waals surface area (Å²) in [6.07, 6.45) is 2.67. The van der Waals surface area contributed by atoms with Gasteiger partial charge in [-0.05, 0) is 31.0 Å². The average molecular weight is 274 g/mol. The van der Waals surface area contributed by atoms with Crippen molar-refractivity contribution >= 4 is 5.97 Å². The van der Waals surface area contributed by atoms with E-state index in [1.165, 1.54) is 5.56 Å². The standard InChI is InChI=1S/C15H18N2O3/c1-4-11-5-6-14(20-3)12(7-11)13-8-17(9-15(18)19)10(2)16-13/h5-8H,4,9H2,1-3H3,(H,18,19). The van der Waals surface area contributed by atoms with Gasteiger partial charge in [0, 0.05) is 11.8 Å². The van der Waals surface area contributed by atoms with Crippen molar-refractivity contribution in [2.24, 2.45) is 0 Å². The lowest BCUT2D eigenvalue weighted by molar-refractivity contribution is -0.137. The highest BCUT2D eigenvalue weighted by molar-refractivity contribution is 5.69. The van der Waals surface area contributed by atoms with Gasteiger partial charge in [0.15, 0.2) is 0 Å². The Labute approximate surface area is 117 Å². The predicted octanol–water partition coefficient (Wildman–Crippen LogP) is 2.51. The zero-order chi connectivity index (χ0) is 14.7. The number of nitrogens with zero attached hydrogens (tertiary/aromatic N) is 2. The first-order valence-corrected chi connectivity index (χ1v) is 6.48. The summed E-state index contributed by atoms with van der Waals surface area (Å²) in [6, 6.07) is 5.97. The van der Waals surface area contributed by atoms with Gasteiger partial charge in [0.2, 0.25) is 0 Å². The van der Waals surface area contributed by atoms with E-state index in [2.05, 4.69) is 11.9 Å². The molecule has 1 heterocycles. The molecule has 0 aliphatic heterocycles. The molecule has 1 aromatic heterocycles. The van der Waals surface area contributed by atoms with E-state index >= 15 is 0 Å². The molecule has 1 aromatic carbocycles. The van der Waals surface area contributed by atoms with Gasteiger partial charge < -0.3 is 14.4 Å². The number of imidazole rings is 1. The molecule has 1 N–H and O–H groups in total. The van der Waals surface area contributed by atoms with Crippen molar-refractivity contribution in [3.8, 4) is 17.0 Å². The summed E-state index contributed by atoms with van der Waals surface area (Å²) in [7, 11) is 1.62. The molecule has 0 saturated heterocycles. The number of hydrogen-bond donors (Lipinski definition) is 1. The van der Waals surface area contributed by atoms with E-state index in [0.717, 1.165) is 23.4 Å². The Morgan fingerprint density at radius 1 is 1.45 bits per heavy atom. The lowest BCUT2D eigenvalue weighted by Gasteiger charge is -2.08. The molecule has 0 unspecified atom stereocenters. The van der Waals surface area contributed by atoms with Crippen LogP contribution in [0.3, 0.4) is 0 Å². The third kappa shape index (κ3) is 2.82. The maximum atomic E-state index is 10.8. The first-order chi connectivity index (χ1) is 9.55. The minimum Gasteiger partial charge on any atom is -0.496 e. The third-order valence-electron chi connectivity index (χ3n) is 3.23. The molecule has 0 fully saturated rings. The second-order valence-electron chi connectivity index (χ2n) is 4.58. The Balaban J connectivity index is 2.47. The van der Waals surface area contributed by atoms with Crippen molar-refractivity contribution in [1.82, 2.24) is 9.55 Å². The van der Waals surface area contributed by atoms with E-state index in [1.807, 2.05) is 18.2 Å². The number of rotatable bonds is 5. The third-order valence-corrected chi connectivity index (χ3v) is 3.23. The van der Waals surface area contributed by atoms with E-state index in [4.69, 9.17) is 9.84 Å². The number of aliphatic carboxylic acids is 1. The van der Waals surface area contributed by atoms with Gasteiger partial charge in [0.1, 0.15) is 18.1 Å². The van der Waals surface area contributed by atoms with Crippen LogP contribution in [-0.2, 0) is 17.8 Å². The Kier molecular flexibility index (Phi) is 4.08. The number of benzene rings is 1. The summed E-state index contributed by atoms with van der Waals surface area (Å²) >= 11 is 0. The van der Waals surface area contributed by atoms with E-state index < -0.39 is 5.97 Å². The van der Waals surface area contributed by atoms with Crippen LogP contribution in [-0.4, -0.2) is 27.7 Å². The van der Waals surface area contributed by atoms with Crippen LogP contribution >= 0.6 is 0 Å². The Bertz CT molecular complexity index is 632. The lowest BCUT2D eigenvalue weighted by atomic mass is 10.1. The number of carboxylic acids is 1. The summed E-state index contributed by atoms with van der Waals surface area (Å²) in [5, 5.41) is 8.88. The first-order valence-electron chi connectivity index (χ1n) is 6.48. The maximum Gasteiger partial charge on any atom is 0.323 e. The number of aryl methyl sites for hydroxylation is 2. The second-order valence-corrected chi connectivity index (χ2v) is 4.58. The summed E-state index contributed by atoms with van der Waals surface area (Å²) in [4.78, 5) is 15.3. The Hall–Kier alpha value is -2.30. The number of carbonyl (C=O) groups is 1. The smallest absolute Gasteiger partial charge is 0.323 e.